The predicted octanol–water partition coefficient (Wildman–Crippen LogP) is 1.31. The average Bonchev–Trinajstić information content (AvgIpc) is 2.31. The van der Waals surface area contributed by atoms with Crippen LogP contribution in [0.5, 0.6) is 5.88 Å². The molecule has 94 valence electrons. The zero-order valence-electron chi connectivity index (χ0n) is 9.95. The Morgan fingerprint density at radius 1 is 1.71 bits per heavy atom. The first-order valence-corrected chi connectivity index (χ1v) is 5.87. The van der Waals surface area contributed by atoms with Crippen molar-refractivity contribution in [1.82, 2.24) is 9.97 Å². The molecule has 0 aromatic carbocycles. The van der Waals surface area contributed by atoms with Gasteiger partial charge in [-0.1, -0.05) is 6.92 Å². The van der Waals surface area contributed by atoms with Gasteiger partial charge in [-0.3, -0.25) is 4.79 Å². The monoisotopic (exact) mass is 302 g/mol. The highest BCUT2D eigenvalue weighted by Crippen LogP contribution is 2.23. The number of nitrogens with one attached hydrogen (secondary N) is 1. The molecule has 0 bridgehead atoms. The van der Waals surface area contributed by atoms with Crippen LogP contribution in [-0.4, -0.2) is 28.5 Å². The van der Waals surface area contributed by atoms with Crippen LogP contribution in [0.1, 0.15) is 20.3 Å². The molecule has 0 aliphatic rings. The SMILES string of the molecule is CCC(C)(Nc1ncc(Br)c(OC)n1)C(N)=O. The number of nitrogens with zero attached hydrogens (tertiary/aromatic N) is 2. The second-order valence-corrected chi connectivity index (χ2v) is 4.58. The lowest BCUT2D eigenvalue weighted by atomic mass is 9.98. The van der Waals surface area contributed by atoms with E-state index in [9.17, 15) is 4.79 Å². The quantitative estimate of drug-likeness (QED) is 0.856. The maximum Gasteiger partial charge on any atom is 0.242 e. The normalized spacial score (nSPS) is 13.9. The lowest BCUT2D eigenvalue weighted by Gasteiger charge is -2.25. The molecule has 0 aliphatic carbocycles. The van der Waals surface area contributed by atoms with Gasteiger partial charge in [0, 0.05) is 0 Å². The van der Waals surface area contributed by atoms with Crippen molar-refractivity contribution in [2.24, 2.45) is 5.73 Å². The summed E-state index contributed by atoms with van der Waals surface area (Å²) in [5.41, 5.74) is 4.46. The van der Waals surface area contributed by atoms with Crippen molar-refractivity contribution in [3.8, 4) is 5.88 Å². The fraction of sp³-hybridized carbons (Fsp3) is 0.500. The van der Waals surface area contributed by atoms with Gasteiger partial charge in [-0.2, -0.15) is 4.98 Å². The maximum atomic E-state index is 11.3. The molecule has 1 aromatic rings. The zero-order chi connectivity index (χ0) is 13.1. The molecule has 0 fully saturated rings. The van der Waals surface area contributed by atoms with Crippen molar-refractivity contribution >= 4 is 27.8 Å². The first-order valence-electron chi connectivity index (χ1n) is 5.07. The number of nitrogens with two attached hydrogens (primary N) is 1. The minimum absolute atomic E-state index is 0.299. The molecule has 0 spiro atoms. The molecule has 0 radical (unpaired) electrons. The van der Waals surface area contributed by atoms with Gasteiger partial charge in [0.15, 0.2) is 0 Å². The highest BCUT2D eigenvalue weighted by molar-refractivity contribution is 9.10. The van der Waals surface area contributed by atoms with Crippen molar-refractivity contribution in [1.29, 1.82) is 0 Å². The van der Waals surface area contributed by atoms with Crippen LogP contribution in [0.3, 0.4) is 0 Å². The molecule has 7 heteroatoms. The smallest absolute Gasteiger partial charge is 0.242 e. The molecule has 1 aromatic heterocycles. The second kappa shape index (κ2) is 5.31. The topological polar surface area (TPSA) is 90.1 Å². The number of methoxy groups -OCH3 is 1. The molecular formula is C10H15BrN4O2. The highest BCUT2D eigenvalue weighted by Gasteiger charge is 2.29. The first kappa shape index (κ1) is 13.7. The van der Waals surface area contributed by atoms with Gasteiger partial charge >= 0.3 is 0 Å². The molecule has 0 aliphatic heterocycles. The Balaban J connectivity index is 2.98. The molecule has 1 amide bonds. The van der Waals surface area contributed by atoms with Gasteiger partial charge in [-0.25, -0.2) is 4.98 Å². The number of hydrogen-bond donors (Lipinski definition) is 2. The van der Waals surface area contributed by atoms with E-state index in [1.54, 1.807) is 13.1 Å². The number of hydrogen-bond acceptors (Lipinski definition) is 5. The summed E-state index contributed by atoms with van der Waals surface area (Å²) in [6.45, 7) is 3.56. The molecular weight excluding hydrogens is 288 g/mol. The van der Waals surface area contributed by atoms with Gasteiger partial charge in [0.1, 0.15) is 5.54 Å². The molecule has 0 saturated heterocycles. The number of carbonyl (C=O) groups is 1. The summed E-state index contributed by atoms with van der Waals surface area (Å²) in [4.78, 5) is 19.5. The fourth-order valence-electron chi connectivity index (χ4n) is 1.13. The van der Waals surface area contributed by atoms with Crippen LogP contribution in [0.25, 0.3) is 0 Å². The number of rotatable bonds is 5. The molecule has 3 N–H and O–H groups in total. The van der Waals surface area contributed by atoms with E-state index < -0.39 is 11.4 Å². The Labute approximate surface area is 108 Å². The summed E-state index contributed by atoms with van der Waals surface area (Å²) in [7, 11) is 1.50. The van der Waals surface area contributed by atoms with Gasteiger partial charge in [-0.15, -0.1) is 0 Å². The number of anilines is 1. The zero-order valence-corrected chi connectivity index (χ0v) is 11.5. The standard InChI is InChI=1S/C10H15BrN4O2/c1-4-10(2,8(12)16)15-9-13-5-6(11)7(14-9)17-3/h5H,4H2,1-3H3,(H2,12,16)(H,13,14,15). The molecule has 1 rings (SSSR count). The number of amides is 1. The number of halogens is 1. The number of aromatic nitrogens is 2. The Morgan fingerprint density at radius 3 is 2.82 bits per heavy atom. The predicted molar refractivity (Wildman–Crippen MR) is 67.8 cm³/mol. The Kier molecular flexibility index (Phi) is 4.28. The highest BCUT2D eigenvalue weighted by atomic mass is 79.9. The largest absolute Gasteiger partial charge is 0.480 e. The van der Waals surface area contributed by atoms with E-state index in [-0.39, 0.29) is 0 Å². The lowest BCUT2D eigenvalue weighted by Crippen LogP contribution is -2.47. The molecule has 1 heterocycles. The number of primary amides is 1. The molecule has 6 nitrogen and oxygen atoms in total. The number of carbonyl (C=O) groups excluding carboxylic acids is 1. The average molecular weight is 303 g/mol. The van der Waals surface area contributed by atoms with Crippen LogP contribution in [0.2, 0.25) is 0 Å². The third kappa shape index (κ3) is 3.06. The summed E-state index contributed by atoms with van der Waals surface area (Å²) in [6.07, 6.45) is 2.08. The van der Waals surface area contributed by atoms with Crippen LogP contribution in [0, 0.1) is 0 Å². The van der Waals surface area contributed by atoms with Crippen molar-refractivity contribution in [3.63, 3.8) is 0 Å². The summed E-state index contributed by atoms with van der Waals surface area (Å²) < 4.78 is 5.68. The minimum atomic E-state index is -0.876. The van der Waals surface area contributed by atoms with Crippen LogP contribution in [0.15, 0.2) is 10.7 Å². The summed E-state index contributed by atoms with van der Waals surface area (Å²) >= 11 is 3.25. The van der Waals surface area contributed by atoms with Gasteiger partial charge < -0.3 is 15.8 Å². The summed E-state index contributed by atoms with van der Waals surface area (Å²) in [5.74, 6) is 0.240. The van der Waals surface area contributed by atoms with Gasteiger partial charge in [-0.05, 0) is 29.3 Å². The van der Waals surface area contributed by atoms with Gasteiger partial charge in [0.25, 0.3) is 0 Å². The fourth-order valence-corrected chi connectivity index (χ4v) is 1.48. The van der Waals surface area contributed by atoms with Crippen LogP contribution < -0.4 is 15.8 Å². The molecule has 0 saturated carbocycles. The van der Waals surface area contributed by atoms with E-state index >= 15 is 0 Å². The Hall–Kier alpha value is -1.37. The van der Waals surface area contributed by atoms with Crippen molar-refractivity contribution in [3.05, 3.63) is 10.7 Å². The first-order chi connectivity index (χ1) is 7.92. The van der Waals surface area contributed by atoms with Gasteiger partial charge in [0.05, 0.1) is 17.8 Å². The second-order valence-electron chi connectivity index (χ2n) is 3.73. The van der Waals surface area contributed by atoms with Crippen LogP contribution in [-0.2, 0) is 4.79 Å². The van der Waals surface area contributed by atoms with E-state index in [1.807, 2.05) is 6.92 Å². The lowest BCUT2D eigenvalue weighted by molar-refractivity contribution is -0.121. The van der Waals surface area contributed by atoms with Crippen molar-refractivity contribution in [2.45, 2.75) is 25.8 Å². The van der Waals surface area contributed by atoms with E-state index in [0.717, 1.165) is 0 Å². The Morgan fingerprint density at radius 2 is 2.35 bits per heavy atom. The maximum absolute atomic E-state index is 11.3. The molecule has 1 unspecified atom stereocenters. The van der Waals surface area contributed by atoms with E-state index in [2.05, 4.69) is 31.2 Å². The van der Waals surface area contributed by atoms with E-state index in [4.69, 9.17) is 10.5 Å². The van der Waals surface area contributed by atoms with Crippen molar-refractivity contribution in [2.75, 3.05) is 12.4 Å². The van der Waals surface area contributed by atoms with Crippen LogP contribution in [0.4, 0.5) is 5.95 Å². The molecule has 1 atom stereocenters. The third-order valence-electron chi connectivity index (χ3n) is 2.54. The van der Waals surface area contributed by atoms with Gasteiger partial charge in [0.2, 0.25) is 17.7 Å². The Bertz CT molecular complexity index is 427. The van der Waals surface area contributed by atoms with E-state index in [1.165, 1.54) is 7.11 Å². The third-order valence-corrected chi connectivity index (χ3v) is 3.09. The van der Waals surface area contributed by atoms with E-state index in [0.29, 0.717) is 22.7 Å². The summed E-state index contributed by atoms with van der Waals surface area (Å²) in [5, 5.41) is 2.91. The van der Waals surface area contributed by atoms with Crippen molar-refractivity contribution < 1.29 is 9.53 Å². The minimum Gasteiger partial charge on any atom is -0.480 e. The summed E-state index contributed by atoms with van der Waals surface area (Å²) in [6, 6.07) is 0. The van der Waals surface area contributed by atoms with Crippen LogP contribution >= 0.6 is 15.9 Å². The number of ether oxygens (including phenoxy) is 1. The molecule has 17 heavy (non-hydrogen) atoms.